The van der Waals surface area contributed by atoms with Crippen molar-refractivity contribution in [1.29, 1.82) is 0 Å². The molecule has 0 fully saturated rings. The summed E-state index contributed by atoms with van der Waals surface area (Å²) in [6.45, 7) is 0.271. The molecule has 0 aliphatic carbocycles. The second kappa shape index (κ2) is 9.48. The van der Waals surface area contributed by atoms with Crippen LogP contribution in [0, 0.1) is 0 Å². The lowest BCUT2D eigenvalue weighted by molar-refractivity contribution is -0.145. The van der Waals surface area contributed by atoms with Gasteiger partial charge in [0.25, 0.3) is 5.24 Å². The van der Waals surface area contributed by atoms with Gasteiger partial charge in [-0.15, -0.1) is 0 Å². The van der Waals surface area contributed by atoms with Crippen LogP contribution in [-0.2, 0) is 20.9 Å². The SMILES string of the molecule is O=C(CCCCCC(F)C(=O)Cl)OCc1ccccc1. The Kier molecular flexibility index (Phi) is 7.88. The molecule has 110 valence electrons. The average molecular weight is 301 g/mol. The lowest BCUT2D eigenvalue weighted by Gasteiger charge is -2.05. The van der Waals surface area contributed by atoms with Gasteiger partial charge in [0.2, 0.25) is 0 Å². The summed E-state index contributed by atoms with van der Waals surface area (Å²) in [5.41, 5.74) is 0.946. The minimum absolute atomic E-state index is 0.112. The van der Waals surface area contributed by atoms with Crippen molar-refractivity contribution in [3.63, 3.8) is 0 Å². The summed E-state index contributed by atoms with van der Waals surface area (Å²) >= 11 is 5.00. The molecular formula is C15H18ClFO3. The van der Waals surface area contributed by atoms with Crippen molar-refractivity contribution in [2.75, 3.05) is 0 Å². The third-order valence-corrected chi connectivity index (χ3v) is 3.06. The molecule has 1 unspecified atom stereocenters. The average Bonchev–Trinajstić information content (AvgIpc) is 2.45. The molecule has 0 aliphatic heterocycles. The van der Waals surface area contributed by atoms with Crippen LogP contribution >= 0.6 is 11.6 Å². The molecule has 0 aromatic heterocycles. The van der Waals surface area contributed by atoms with Gasteiger partial charge in [-0.2, -0.15) is 0 Å². The number of hydrogen-bond donors (Lipinski definition) is 0. The first-order valence-electron chi connectivity index (χ1n) is 6.62. The molecule has 0 amide bonds. The van der Waals surface area contributed by atoms with E-state index < -0.39 is 11.4 Å². The van der Waals surface area contributed by atoms with Crippen LogP contribution in [0.2, 0.25) is 0 Å². The molecule has 0 saturated carbocycles. The highest BCUT2D eigenvalue weighted by Crippen LogP contribution is 2.11. The first-order valence-corrected chi connectivity index (χ1v) is 7.00. The zero-order valence-electron chi connectivity index (χ0n) is 11.2. The van der Waals surface area contributed by atoms with E-state index in [1.165, 1.54) is 0 Å². The third-order valence-electron chi connectivity index (χ3n) is 2.83. The zero-order chi connectivity index (χ0) is 14.8. The van der Waals surface area contributed by atoms with Gasteiger partial charge < -0.3 is 4.74 Å². The molecule has 1 atom stereocenters. The molecule has 3 nitrogen and oxygen atoms in total. The predicted molar refractivity (Wildman–Crippen MR) is 75.1 cm³/mol. The molecule has 5 heteroatoms. The van der Waals surface area contributed by atoms with E-state index in [0.29, 0.717) is 25.7 Å². The van der Waals surface area contributed by atoms with E-state index in [9.17, 15) is 14.0 Å². The first kappa shape index (κ1) is 16.6. The number of benzene rings is 1. The Labute approximate surface area is 123 Å². The van der Waals surface area contributed by atoms with Crippen molar-refractivity contribution in [3.8, 4) is 0 Å². The maximum absolute atomic E-state index is 12.8. The van der Waals surface area contributed by atoms with E-state index >= 15 is 0 Å². The number of rotatable bonds is 9. The van der Waals surface area contributed by atoms with Crippen LogP contribution in [-0.4, -0.2) is 17.4 Å². The number of alkyl halides is 1. The summed E-state index contributed by atoms with van der Waals surface area (Å²) in [5, 5.41) is -0.952. The van der Waals surface area contributed by atoms with E-state index in [4.69, 9.17) is 16.3 Å². The Morgan fingerprint density at radius 2 is 1.85 bits per heavy atom. The molecule has 0 aliphatic rings. The summed E-state index contributed by atoms with van der Waals surface area (Å²) in [7, 11) is 0. The quantitative estimate of drug-likeness (QED) is 0.396. The van der Waals surface area contributed by atoms with Crippen molar-refractivity contribution < 1.29 is 18.7 Å². The number of carbonyl (C=O) groups is 2. The highest BCUT2D eigenvalue weighted by atomic mass is 35.5. The number of esters is 1. The van der Waals surface area contributed by atoms with Gasteiger partial charge in [-0.1, -0.05) is 43.2 Å². The Morgan fingerprint density at radius 1 is 1.15 bits per heavy atom. The smallest absolute Gasteiger partial charge is 0.306 e. The Balaban J connectivity index is 2.05. The first-order chi connectivity index (χ1) is 9.59. The van der Waals surface area contributed by atoms with Gasteiger partial charge in [0.1, 0.15) is 6.61 Å². The molecule has 0 radical (unpaired) electrons. The number of ether oxygens (including phenoxy) is 1. The fraction of sp³-hybridized carbons (Fsp3) is 0.467. The molecular weight excluding hydrogens is 283 g/mol. The van der Waals surface area contributed by atoms with Crippen LogP contribution in [0.1, 0.15) is 37.7 Å². The van der Waals surface area contributed by atoms with Gasteiger partial charge in [0.15, 0.2) is 6.17 Å². The molecule has 20 heavy (non-hydrogen) atoms. The fourth-order valence-electron chi connectivity index (χ4n) is 1.69. The van der Waals surface area contributed by atoms with E-state index in [-0.39, 0.29) is 19.0 Å². The number of carbonyl (C=O) groups excluding carboxylic acids is 2. The standard InChI is InChI=1S/C15H18ClFO3/c16-15(19)13(17)9-5-2-6-10-14(18)20-11-12-7-3-1-4-8-12/h1,3-4,7-8,13H,2,5-6,9-11H2. The van der Waals surface area contributed by atoms with Gasteiger partial charge in [-0.05, 0) is 30.0 Å². The highest BCUT2D eigenvalue weighted by molar-refractivity contribution is 6.64. The van der Waals surface area contributed by atoms with Crippen molar-refractivity contribution in [2.45, 2.75) is 44.9 Å². The van der Waals surface area contributed by atoms with Gasteiger partial charge in [0.05, 0.1) is 0 Å². The van der Waals surface area contributed by atoms with Gasteiger partial charge in [-0.25, -0.2) is 4.39 Å². The molecule has 1 aromatic rings. The van der Waals surface area contributed by atoms with E-state index in [2.05, 4.69) is 0 Å². The third kappa shape index (κ3) is 7.24. The van der Waals surface area contributed by atoms with Crippen molar-refractivity contribution in [2.24, 2.45) is 0 Å². The van der Waals surface area contributed by atoms with E-state index in [1.807, 2.05) is 30.3 Å². The highest BCUT2D eigenvalue weighted by Gasteiger charge is 2.13. The van der Waals surface area contributed by atoms with Crippen LogP contribution < -0.4 is 0 Å². The number of halogens is 2. The number of unbranched alkanes of at least 4 members (excludes halogenated alkanes) is 2. The molecule has 0 heterocycles. The van der Waals surface area contributed by atoms with Crippen molar-refractivity contribution >= 4 is 22.8 Å². The second-order valence-corrected chi connectivity index (χ2v) is 4.89. The summed E-state index contributed by atoms with van der Waals surface area (Å²) in [6, 6.07) is 9.44. The van der Waals surface area contributed by atoms with Crippen LogP contribution in [0.3, 0.4) is 0 Å². The van der Waals surface area contributed by atoms with Crippen molar-refractivity contribution in [3.05, 3.63) is 35.9 Å². The van der Waals surface area contributed by atoms with Crippen molar-refractivity contribution in [1.82, 2.24) is 0 Å². The van der Waals surface area contributed by atoms with E-state index in [0.717, 1.165) is 5.56 Å². The lowest BCUT2D eigenvalue weighted by Crippen LogP contribution is -2.08. The monoisotopic (exact) mass is 300 g/mol. The molecule has 0 spiro atoms. The van der Waals surface area contributed by atoms with Crippen LogP contribution in [0.25, 0.3) is 0 Å². The van der Waals surface area contributed by atoms with E-state index in [1.54, 1.807) is 0 Å². The zero-order valence-corrected chi connectivity index (χ0v) is 11.9. The molecule has 1 aromatic carbocycles. The van der Waals surface area contributed by atoms with Crippen LogP contribution in [0.4, 0.5) is 4.39 Å². The molecule has 0 saturated heterocycles. The molecule has 0 bridgehead atoms. The Morgan fingerprint density at radius 3 is 2.50 bits per heavy atom. The van der Waals surface area contributed by atoms with Crippen LogP contribution in [0.15, 0.2) is 30.3 Å². The normalized spacial score (nSPS) is 11.9. The molecule has 1 rings (SSSR count). The lowest BCUT2D eigenvalue weighted by atomic mass is 10.1. The molecule has 0 N–H and O–H groups in total. The second-order valence-electron chi connectivity index (χ2n) is 4.52. The summed E-state index contributed by atoms with van der Waals surface area (Å²) < 4.78 is 18.0. The summed E-state index contributed by atoms with van der Waals surface area (Å²) in [4.78, 5) is 21.9. The predicted octanol–water partition coefficient (Wildman–Crippen LogP) is 3.78. The number of hydrogen-bond acceptors (Lipinski definition) is 3. The van der Waals surface area contributed by atoms with Gasteiger partial charge in [0, 0.05) is 6.42 Å². The van der Waals surface area contributed by atoms with Gasteiger partial charge >= 0.3 is 5.97 Å². The maximum Gasteiger partial charge on any atom is 0.306 e. The minimum atomic E-state index is -1.60. The van der Waals surface area contributed by atoms with Gasteiger partial charge in [-0.3, -0.25) is 9.59 Å². The minimum Gasteiger partial charge on any atom is -0.461 e. The Bertz CT molecular complexity index is 422. The fourth-order valence-corrected chi connectivity index (χ4v) is 1.80. The topological polar surface area (TPSA) is 43.4 Å². The maximum atomic E-state index is 12.8. The van der Waals surface area contributed by atoms with Crippen LogP contribution in [0.5, 0.6) is 0 Å². The summed E-state index contributed by atoms with van der Waals surface area (Å²) in [5.74, 6) is -0.265. The largest absolute Gasteiger partial charge is 0.461 e. The Hall–Kier alpha value is -1.42. The summed E-state index contributed by atoms with van der Waals surface area (Å²) in [6.07, 6.45) is 0.648.